The second-order valence-corrected chi connectivity index (χ2v) is 9.65. The summed E-state index contributed by atoms with van der Waals surface area (Å²) in [6, 6.07) is 13.8. The lowest BCUT2D eigenvalue weighted by Crippen LogP contribution is -2.30. The monoisotopic (exact) mass is 430 g/mol. The highest BCUT2D eigenvalue weighted by molar-refractivity contribution is 7.93. The smallest absolute Gasteiger partial charge is 0.263 e. The molecule has 154 valence electrons. The zero-order valence-corrected chi connectivity index (χ0v) is 17.9. The molecular weight excluding hydrogens is 404 g/mol. The van der Waals surface area contributed by atoms with Crippen LogP contribution < -0.4 is 14.9 Å². The zero-order chi connectivity index (χ0) is 20.3. The third-order valence-corrected chi connectivity index (χ3v) is 7.30. The van der Waals surface area contributed by atoms with Crippen molar-refractivity contribution in [1.29, 1.82) is 0 Å². The molecule has 0 atom stereocenters. The molecular formula is C21H26N4O2S2. The maximum atomic E-state index is 12.6. The summed E-state index contributed by atoms with van der Waals surface area (Å²) in [5, 5.41) is 5.63. The van der Waals surface area contributed by atoms with Crippen molar-refractivity contribution in [2.75, 3.05) is 29.3 Å². The minimum Gasteiger partial charge on any atom is -0.370 e. The van der Waals surface area contributed by atoms with Gasteiger partial charge in [-0.3, -0.25) is 4.72 Å². The Morgan fingerprint density at radius 2 is 2.10 bits per heavy atom. The van der Waals surface area contributed by atoms with Crippen molar-refractivity contribution >= 4 is 32.2 Å². The molecule has 0 unspecified atom stereocenters. The maximum absolute atomic E-state index is 12.6. The van der Waals surface area contributed by atoms with Gasteiger partial charge < -0.3 is 10.2 Å². The number of anilines is 2. The number of nitrogens with one attached hydrogen (secondary N) is 2. The van der Waals surface area contributed by atoms with Crippen LogP contribution in [0.15, 0.2) is 58.9 Å². The van der Waals surface area contributed by atoms with Crippen molar-refractivity contribution in [1.82, 2.24) is 10.3 Å². The van der Waals surface area contributed by atoms with Gasteiger partial charge in [0, 0.05) is 44.9 Å². The third-order valence-electron chi connectivity index (χ3n) is 5.14. The molecule has 29 heavy (non-hydrogen) atoms. The minimum atomic E-state index is -3.61. The first-order valence-electron chi connectivity index (χ1n) is 9.58. The highest BCUT2D eigenvalue weighted by atomic mass is 32.2. The van der Waals surface area contributed by atoms with Crippen molar-refractivity contribution < 1.29 is 9.84 Å². The van der Waals surface area contributed by atoms with Crippen LogP contribution in [0, 0.1) is 6.92 Å². The van der Waals surface area contributed by atoms with Crippen LogP contribution in [0.25, 0.3) is 0 Å². The first kappa shape index (κ1) is 19.9. The van der Waals surface area contributed by atoms with Gasteiger partial charge in [0.2, 0.25) is 0 Å². The topological polar surface area (TPSA) is 74.3 Å². The van der Waals surface area contributed by atoms with Crippen molar-refractivity contribution in [3.63, 3.8) is 0 Å². The summed E-state index contributed by atoms with van der Waals surface area (Å²) < 4.78 is 27.7. The number of nitrogens with zero attached hydrogens (tertiary/aromatic N) is 2. The number of benzene rings is 2. The summed E-state index contributed by atoms with van der Waals surface area (Å²) in [6.45, 7) is 5.66. The molecule has 0 radical (unpaired) electrons. The Labute approximate surface area is 177 Å². The summed E-state index contributed by atoms with van der Waals surface area (Å²) >= 11 is 1.26. The molecule has 0 aliphatic carbocycles. The Balaban J connectivity index is 0.00000256. The van der Waals surface area contributed by atoms with Crippen molar-refractivity contribution in [2.24, 2.45) is 0 Å². The van der Waals surface area contributed by atoms with Crippen LogP contribution in [0.1, 0.15) is 18.1 Å². The molecule has 0 saturated heterocycles. The van der Waals surface area contributed by atoms with Gasteiger partial charge in [0.1, 0.15) is 0 Å². The van der Waals surface area contributed by atoms with Gasteiger partial charge in [-0.25, -0.2) is 13.4 Å². The molecule has 0 fully saturated rings. The fourth-order valence-corrected chi connectivity index (χ4v) is 5.38. The van der Waals surface area contributed by atoms with E-state index in [-0.39, 0.29) is 6.32 Å². The molecule has 3 aromatic rings. The quantitative estimate of drug-likeness (QED) is 0.534. The van der Waals surface area contributed by atoms with Gasteiger partial charge in [-0.05, 0) is 48.2 Å². The van der Waals surface area contributed by atoms with Gasteiger partial charge in [0.25, 0.3) is 10.0 Å². The number of fused-ring (bicyclic) bond motifs is 1. The van der Waals surface area contributed by atoms with E-state index >= 15 is 0 Å². The Bertz CT molecular complexity index is 1090. The van der Waals surface area contributed by atoms with E-state index in [0.29, 0.717) is 5.13 Å². The molecule has 0 saturated carbocycles. The molecule has 1 aromatic heterocycles. The predicted molar refractivity (Wildman–Crippen MR) is 120 cm³/mol. The third kappa shape index (κ3) is 4.60. The van der Waals surface area contributed by atoms with Crippen molar-refractivity contribution in [2.45, 2.75) is 24.8 Å². The highest BCUT2D eigenvalue weighted by Crippen LogP contribution is 2.30. The number of sulfonamides is 1. The molecule has 2 aromatic carbocycles. The standard InChI is InChI=1S/C21H24N4O2S2.H2/c1-16-4-2-3-5-18(16)15-22-9-12-25-11-8-17-14-19(6-7-20(17)25)29(26,27)24-21-23-10-13-28-21;/h2-7,10,13-14,22H,8-9,11-12,15H2,1H3,(H,23,24);1H. The number of thiazole rings is 1. The lowest BCUT2D eigenvalue weighted by molar-refractivity contribution is 0.601. The van der Waals surface area contributed by atoms with E-state index < -0.39 is 10.0 Å². The van der Waals surface area contributed by atoms with E-state index in [4.69, 9.17) is 0 Å². The number of aromatic nitrogens is 1. The molecule has 2 N–H and O–H groups in total. The normalized spacial score (nSPS) is 13.5. The zero-order valence-electron chi connectivity index (χ0n) is 16.3. The van der Waals surface area contributed by atoms with Crippen LogP contribution in [0.5, 0.6) is 0 Å². The minimum absolute atomic E-state index is 0. The molecule has 0 spiro atoms. The van der Waals surface area contributed by atoms with Gasteiger partial charge in [-0.2, -0.15) is 0 Å². The first-order valence-corrected chi connectivity index (χ1v) is 11.9. The van der Waals surface area contributed by atoms with E-state index in [2.05, 4.69) is 51.1 Å². The van der Waals surface area contributed by atoms with Gasteiger partial charge >= 0.3 is 0 Å². The number of rotatable bonds is 8. The van der Waals surface area contributed by atoms with Crippen LogP contribution in [0.2, 0.25) is 0 Å². The van der Waals surface area contributed by atoms with Gasteiger partial charge in [-0.15, -0.1) is 11.3 Å². The summed E-state index contributed by atoms with van der Waals surface area (Å²) in [5.74, 6) is 0. The molecule has 8 heteroatoms. The van der Waals surface area contributed by atoms with Crippen molar-refractivity contribution in [3.8, 4) is 0 Å². The molecule has 1 aliphatic heterocycles. The van der Waals surface area contributed by atoms with E-state index in [1.54, 1.807) is 23.7 Å². The largest absolute Gasteiger partial charge is 0.370 e. The Morgan fingerprint density at radius 3 is 2.90 bits per heavy atom. The molecule has 1 aliphatic rings. The second-order valence-electron chi connectivity index (χ2n) is 7.07. The summed E-state index contributed by atoms with van der Waals surface area (Å²) in [4.78, 5) is 6.59. The van der Waals surface area contributed by atoms with Crippen LogP contribution in [0.4, 0.5) is 10.8 Å². The van der Waals surface area contributed by atoms with E-state index in [0.717, 1.165) is 43.9 Å². The SMILES string of the molecule is Cc1ccccc1CNCCN1CCc2cc(S(=O)(=O)Nc3nccs3)ccc21.[HH]. The lowest BCUT2D eigenvalue weighted by Gasteiger charge is -2.20. The van der Waals surface area contributed by atoms with Crippen LogP contribution in [-0.4, -0.2) is 33.0 Å². The first-order chi connectivity index (χ1) is 14.0. The number of hydrogen-bond acceptors (Lipinski definition) is 6. The van der Waals surface area contributed by atoms with Crippen LogP contribution in [0.3, 0.4) is 0 Å². The van der Waals surface area contributed by atoms with Gasteiger partial charge in [-0.1, -0.05) is 24.3 Å². The Hall–Kier alpha value is -2.42. The predicted octanol–water partition coefficient (Wildman–Crippen LogP) is 3.65. The highest BCUT2D eigenvalue weighted by Gasteiger charge is 2.23. The second kappa shape index (κ2) is 8.52. The van der Waals surface area contributed by atoms with Gasteiger partial charge in [0.05, 0.1) is 4.90 Å². The van der Waals surface area contributed by atoms with Gasteiger partial charge in [0.15, 0.2) is 5.13 Å². The van der Waals surface area contributed by atoms with E-state index in [1.165, 1.54) is 22.5 Å². The lowest BCUT2D eigenvalue weighted by atomic mass is 10.1. The Morgan fingerprint density at radius 1 is 1.24 bits per heavy atom. The number of aryl methyl sites for hydroxylation is 1. The summed E-state index contributed by atoms with van der Waals surface area (Å²) in [7, 11) is -3.61. The molecule has 2 heterocycles. The number of hydrogen-bond donors (Lipinski definition) is 2. The summed E-state index contributed by atoms with van der Waals surface area (Å²) in [6.07, 6.45) is 2.43. The fourth-order valence-electron chi connectivity index (χ4n) is 3.54. The molecule has 0 bridgehead atoms. The summed E-state index contributed by atoms with van der Waals surface area (Å²) in [5.41, 5.74) is 4.81. The molecule has 6 nitrogen and oxygen atoms in total. The van der Waals surface area contributed by atoms with E-state index in [9.17, 15) is 8.42 Å². The van der Waals surface area contributed by atoms with Crippen LogP contribution in [-0.2, 0) is 23.0 Å². The average molecular weight is 431 g/mol. The van der Waals surface area contributed by atoms with E-state index in [1.807, 2.05) is 6.07 Å². The van der Waals surface area contributed by atoms with Crippen molar-refractivity contribution in [3.05, 3.63) is 70.7 Å². The van der Waals surface area contributed by atoms with Crippen LogP contribution >= 0.6 is 11.3 Å². The maximum Gasteiger partial charge on any atom is 0.263 e. The molecule has 4 rings (SSSR count). The molecule has 0 amide bonds. The Kier molecular flexibility index (Phi) is 5.84. The average Bonchev–Trinajstić information content (AvgIpc) is 3.35. The fraction of sp³-hybridized carbons (Fsp3) is 0.286.